The van der Waals surface area contributed by atoms with Gasteiger partial charge in [0.1, 0.15) is 0 Å². The summed E-state index contributed by atoms with van der Waals surface area (Å²) in [6.07, 6.45) is 4.79. The molecule has 0 aromatic heterocycles. The van der Waals surface area contributed by atoms with Gasteiger partial charge < -0.3 is 19.6 Å². The van der Waals surface area contributed by atoms with Crippen molar-refractivity contribution < 1.29 is 14.6 Å². The standard InChI is InChI=1S/C30H41N3O3/c1-31(2)30(35)26-7-5-6-25(18-26)23-8-10-24(11-9-23)29-27-20-32(19-22-12-16-36-17-13-22)14-3-4-15-33(27)28(29)21-34/h5-11,18,22,27-29,34H,3-4,12-17,19-21H2,1-2H3/t27-,28+,29+/m0/s1. The lowest BCUT2D eigenvalue weighted by atomic mass is 9.74. The molecule has 1 N–H and O–H groups in total. The largest absolute Gasteiger partial charge is 0.395 e. The van der Waals surface area contributed by atoms with Gasteiger partial charge in [-0.25, -0.2) is 0 Å². The van der Waals surface area contributed by atoms with Crippen LogP contribution in [0.5, 0.6) is 0 Å². The molecule has 2 aromatic carbocycles. The molecule has 36 heavy (non-hydrogen) atoms. The van der Waals surface area contributed by atoms with E-state index < -0.39 is 0 Å². The summed E-state index contributed by atoms with van der Waals surface area (Å²) in [6, 6.07) is 17.3. The smallest absolute Gasteiger partial charge is 0.253 e. The van der Waals surface area contributed by atoms with Crippen molar-refractivity contribution >= 4 is 5.91 Å². The molecule has 0 bridgehead atoms. The Morgan fingerprint density at radius 1 is 1.03 bits per heavy atom. The molecule has 3 aliphatic rings. The van der Waals surface area contributed by atoms with Gasteiger partial charge in [0.25, 0.3) is 5.91 Å². The van der Waals surface area contributed by atoms with Gasteiger partial charge in [-0.15, -0.1) is 0 Å². The highest BCUT2D eigenvalue weighted by atomic mass is 16.5. The highest BCUT2D eigenvalue weighted by Crippen LogP contribution is 2.42. The molecular formula is C30H41N3O3. The lowest BCUT2D eigenvalue weighted by molar-refractivity contribution is -0.0677. The highest BCUT2D eigenvalue weighted by molar-refractivity contribution is 5.95. The van der Waals surface area contributed by atoms with Gasteiger partial charge >= 0.3 is 0 Å². The number of hydrogen-bond donors (Lipinski definition) is 1. The maximum Gasteiger partial charge on any atom is 0.253 e. The Bertz CT molecular complexity index is 1020. The van der Waals surface area contributed by atoms with E-state index >= 15 is 0 Å². The number of ether oxygens (including phenoxy) is 1. The van der Waals surface area contributed by atoms with E-state index in [0.717, 1.165) is 43.3 Å². The van der Waals surface area contributed by atoms with Gasteiger partial charge in [-0.1, -0.05) is 36.4 Å². The fourth-order valence-electron chi connectivity index (χ4n) is 6.46. The molecule has 3 heterocycles. The topological polar surface area (TPSA) is 56.3 Å². The summed E-state index contributed by atoms with van der Waals surface area (Å²) < 4.78 is 5.58. The van der Waals surface area contributed by atoms with E-state index in [1.54, 1.807) is 19.0 Å². The minimum atomic E-state index is 0.0170. The van der Waals surface area contributed by atoms with Crippen LogP contribution in [-0.2, 0) is 4.74 Å². The lowest BCUT2D eigenvalue weighted by Crippen LogP contribution is -2.67. The molecule has 1 amide bonds. The van der Waals surface area contributed by atoms with E-state index in [1.807, 2.05) is 18.2 Å². The van der Waals surface area contributed by atoms with Crippen molar-refractivity contribution in [1.29, 1.82) is 0 Å². The second kappa shape index (κ2) is 11.4. The van der Waals surface area contributed by atoms with Crippen molar-refractivity contribution in [2.45, 2.75) is 43.7 Å². The molecule has 6 nitrogen and oxygen atoms in total. The second-order valence-corrected chi connectivity index (χ2v) is 11.0. The molecule has 2 aromatic rings. The molecule has 0 radical (unpaired) electrons. The van der Waals surface area contributed by atoms with E-state index in [0.29, 0.717) is 17.5 Å². The number of amides is 1. The molecule has 3 atom stereocenters. The molecule has 3 fully saturated rings. The van der Waals surface area contributed by atoms with Gasteiger partial charge in [0, 0.05) is 64.0 Å². The molecule has 0 saturated carbocycles. The van der Waals surface area contributed by atoms with Crippen molar-refractivity contribution in [3.8, 4) is 11.1 Å². The van der Waals surface area contributed by atoms with Gasteiger partial charge in [-0.2, -0.15) is 0 Å². The zero-order chi connectivity index (χ0) is 25.1. The van der Waals surface area contributed by atoms with E-state index in [2.05, 4.69) is 40.1 Å². The monoisotopic (exact) mass is 491 g/mol. The number of aliphatic hydroxyl groups excluding tert-OH is 1. The van der Waals surface area contributed by atoms with Crippen molar-refractivity contribution in [3.05, 3.63) is 59.7 Å². The van der Waals surface area contributed by atoms with Crippen LogP contribution in [-0.4, -0.2) is 97.9 Å². The first-order valence-corrected chi connectivity index (χ1v) is 13.6. The Kier molecular flexibility index (Phi) is 8.06. The Hall–Kier alpha value is -2.25. The van der Waals surface area contributed by atoms with Gasteiger partial charge in [0.2, 0.25) is 0 Å². The van der Waals surface area contributed by atoms with Gasteiger partial charge in [0.15, 0.2) is 0 Å². The normalized spacial score (nSPS) is 25.9. The van der Waals surface area contributed by atoms with Crippen molar-refractivity contribution in [2.75, 3.05) is 60.1 Å². The van der Waals surface area contributed by atoms with Crippen LogP contribution in [0.4, 0.5) is 0 Å². The molecular weight excluding hydrogens is 450 g/mol. The third-order valence-corrected chi connectivity index (χ3v) is 8.46. The average molecular weight is 492 g/mol. The zero-order valence-corrected chi connectivity index (χ0v) is 21.8. The predicted molar refractivity (Wildman–Crippen MR) is 143 cm³/mol. The van der Waals surface area contributed by atoms with E-state index in [4.69, 9.17) is 4.74 Å². The lowest BCUT2D eigenvalue weighted by Gasteiger charge is -2.57. The van der Waals surface area contributed by atoms with Gasteiger partial charge in [-0.05, 0) is 73.5 Å². The molecule has 0 spiro atoms. The van der Waals surface area contributed by atoms with Crippen LogP contribution in [0.1, 0.15) is 47.5 Å². The number of rotatable bonds is 6. The van der Waals surface area contributed by atoms with Crippen LogP contribution in [0.3, 0.4) is 0 Å². The summed E-state index contributed by atoms with van der Waals surface area (Å²) in [5.74, 6) is 1.11. The summed E-state index contributed by atoms with van der Waals surface area (Å²) >= 11 is 0. The third kappa shape index (κ3) is 5.37. The van der Waals surface area contributed by atoms with Gasteiger partial charge in [0.05, 0.1) is 6.61 Å². The third-order valence-electron chi connectivity index (χ3n) is 8.46. The molecule has 194 valence electrons. The van der Waals surface area contributed by atoms with Crippen LogP contribution < -0.4 is 0 Å². The first-order valence-electron chi connectivity index (χ1n) is 13.6. The number of benzene rings is 2. The molecule has 3 saturated heterocycles. The van der Waals surface area contributed by atoms with Gasteiger partial charge in [-0.3, -0.25) is 9.69 Å². The van der Waals surface area contributed by atoms with E-state index in [9.17, 15) is 9.90 Å². The van der Waals surface area contributed by atoms with Crippen LogP contribution in [0.15, 0.2) is 48.5 Å². The SMILES string of the molecule is CN(C)C(=O)c1cccc(-c2ccc([C@H]3[C@@H](CO)N4CCCCN(CC5CCOCC5)C[C@@H]34)cc2)c1. The zero-order valence-electron chi connectivity index (χ0n) is 21.8. The van der Waals surface area contributed by atoms with Crippen molar-refractivity contribution in [2.24, 2.45) is 5.92 Å². The minimum absolute atomic E-state index is 0.0170. The highest BCUT2D eigenvalue weighted by Gasteiger charge is 2.49. The maximum absolute atomic E-state index is 12.4. The molecule has 0 aliphatic carbocycles. The molecule has 3 aliphatic heterocycles. The summed E-state index contributed by atoms with van der Waals surface area (Å²) in [7, 11) is 3.56. The first-order chi connectivity index (χ1) is 17.5. The fraction of sp³-hybridized carbons (Fsp3) is 0.567. The van der Waals surface area contributed by atoms with Crippen molar-refractivity contribution in [1.82, 2.24) is 14.7 Å². The van der Waals surface area contributed by atoms with Crippen LogP contribution >= 0.6 is 0 Å². The molecule has 0 unspecified atom stereocenters. The number of carbonyl (C=O) groups is 1. The Morgan fingerprint density at radius 3 is 2.50 bits per heavy atom. The first kappa shape index (κ1) is 25.4. The maximum atomic E-state index is 12.4. The summed E-state index contributed by atoms with van der Waals surface area (Å²) in [4.78, 5) is 19.3. The average Bonchev–Trinajstić information content (AvgIpc) is 2.89. The quantitative estimate of drug-likeness (QED) is 0.668. The van der Waals surface area contributed by atoms with Crippen molar-refractivity contribution in [3.63, 3.8) is 0 Å². The summed E-state index contributed by atoms with van der Waals surface area (Å²) in [5, 5.41) is 10.3. The van der Waals surface area contributed by atoms with Crippen LogP contribution in [0.25, 0.3) is 11.1 Å². The van der Waals surface area contributed by atoms with E-state index in [-0.39, 0.29) is 18.6 Å². The van der Waals surface area contributed by atoms with Crippen LogP contribution in [0, 0.1) is 5.92 Å². The molecule has 5 rings (SSSR count). The summed E-state index contributed by atoms with van der Waals surface area (Å²) in [6.45, 7) is 6.53. The second-order valence-electron chi connectivity index (χ2n) is 11.0. The Morgan fingerprint density at radius 2 is 1.78 bits per heavy atom. The molecule has 6 heteroatoms. The predicted octanol–water partition coefficient (Wildman–Crippen LogP) is 3.71. The minimum Gasteiger partial charge on any atom is -0.395 e. The van der Waals surface area contributed by atoms with Crippen LogP contribution in [0.2, 0.25) is 0 Å². The Balaban J connectivity index is 1.32. The van der Waals surface area contributed by atoms with E-state index in [1.165, 1.54) is 44.3 Å². The number of carbonyl (C=O) groups excluding carboxylic acids is 1. The Labute approximate surface area is 215 Å². The fourth-order valence-corrected chi connectivity index (χ4v) is 6.46. The summed E-state index contributed by atoms with van der Waals surface area (Å²) in [5.41, 5.74) is 4.18. The number of aliphatic hydroxyl groups is 1. The number of hydrogen-bond acceptors (Lipinski definition) is 5. The number of fused-ring (bicyclic) bond motifs is 1. The number of nitrogens with zero attached hydrogens (tertiary/aromatic N) is 3.